The fraction of sp³-hybridized carbons (Fsp3) is 0.875. The van der Waals surface area contributed by atoms with Crippen LogP contribution in [0.5, 0.6) is 0 Å². The second kappa shape index (κ2) is 5.16. The van der Waals surface area contributed by atoms with Gasteiger partial charge in [-0.05, 0) is 6.42 Å². The number of ether oxygens (including phenoxy) is 1. The third kappa shape index (κ3) is 2.95. The van der Waals surface area contributed by atoms with E-state index < -0.39 is 0 Å². The summed E-state index contributed by atoms with van der Waals surface area (Å²) in [7, 11) is 0. The van der Waals surface area contributed by atoms with E-state index in [1.807, 2.05) is 0 Å². The fourth-order valence-corrected chi connectivity index (χ4v) is 1.27. The lowest BCUT2D eigenvalue weighted by atomic mass is 10.2. The summed E-state index contributed by atoms with van der Waals surface area (Å²) in [6, 6.07) is 0. The van der Waals surface area contributed by atoms with Crippen LogP contribution in [-0.2, 0) is 9.53 Å². The lowest BCUT2D eigenvalue weighted by molar-refractivity contribution is -0.151. The van der Waals surface area contributed by atoms with Gasteiger partial charge in [0.1, 0.15) is 6.61 Å². The van der Waals surface area contributed by atoms with Crippen LogP contribution in [0, 0.1) is 0 Å². The molecular weight excluding hydrogens is 174 g/mol. The van der Waals surface area contributed by atoms with Crippen LogP contribution in [0.15, 0.2) is 0 Å². The molecule has 0 aliphatic carbocycles. The Morgan fingerprint density at radius 3 is 2.92 bits per heavy atom. The van der Waals surface area contributed by atoms with Crippen LogP contribution in [-0.4, -0.2) is 60.0 Å². The van der Waals surface area contributed by atoms with Crippen molar-refractivity contribution in [2.24, 2.45) is 0 Å². The Morgan fingerprint density at radius 1 is 1.54 bits per heavy atom. The van der Waals surface area contributed by atoms with Gasteiger partial charge in [-0.25, -0.2) is 0 Å². The molecule has 1 unspecified atom stereocenters. The summed E-state index contributed by atoms with van der Waals surface area (Å²) in [6.07, 6.45) is 0.306. The minimum atomic E-state index is -0.267. The molecule has 0 aromatic rings. The smallest absolute Gasteiger partial charge is 0.248 e. The van der Waals surface area contributed by atoms with Crippen molar-refractivity contribution in [1.29, 1.82) is 0 Å². The van der Waals surface area contributed by atoms with Crippen molar-refractivity contribution < 1.29 is 19.7 Å². The molecule has 2 N–H and O–H groups in total. The number of carbonyl (C=O) groups is 1. The molecule has 1 rings (SSSR count). The van der Waals surface area contributed by atoms with Crippen molar-refractivity contribution in [1.82, 2.24) is 4.90 Å². The molecule has 1 amide bonds. The minimum absolute atomic E-state index is 0.0383. The number of hydrogen-bond acceptors (Lipinski definition) is 4. The highest BCUT2D eigenvalue weighted by Crippen LogP contribution is 2.06. The van der Waals surface area contributed by atoms with Crippen LogP contribution in [0.4, 0.5) is 0 Å². The van der Waals surface area contributed by atoms with Crippen LogP contribution in [0.1, 0.15) is 6.42 Å². The van der Waals surface area contributed by atoms with Gasteiger partial charge in [-0.3, -0.25) is 4.79 Å². The highest BCUT2D eigenvalue weighted by atomic mass is 16.5. The van der Waals surface area contributed by atoms with Gasteiger partial charge in [-0.15, -0.1) is 0 Å². The zero-order chi connectivity index (χ0) is 9.68. The Bertz CT molecular complexity index is 174. The van der Waals surface area contributed by atoms with Gasteiger partial charge in [0.25, 0.3) is 0 Å². The van der Waals surface area contributed by atoms with Crippen molar-refractivity contribution in [2.45, 2.75) is 12.5 Å². The molecule has 0 saturated carbocycles. The van der Waals surface area contributed by atoms with Gasteiger partial charge in [0.15, 0.2) is 0 Å². The number of aliphatic hydroxyl groups excluding tert-OH is 2. The molecule has 0 bridgehead atoms. The molecule has 1 atom stereocenters. The van der Waals surface area contributed by atoms with Crippen LogP contribution in [0.25, 0.3) is 0 Å². The SMILES string of the molecule is O=C1COC(CO)CN1CCCO. The van der Waals surface area contributed by atoms with Gasteiger partial charge in [0.2, 0.25) is 5.91 Å². The predicted octanol–water partition coefficient (Wildman–Crippen LogP) is -1.41. The van der Waals surface area contributed by atoms with Gasteiger partial charge in [0.05, 0.1) is 12.7 Å². The number of carbonyl (C=O) groups excluding carboxylic acids is 1. The average molecular weight is 189 g/mol. The summed E-state index contributed by atoms with van der Waals surface area (Å²) < 4.78 is 5.05. The van der Waals surface area contributed by atoms with E-state index in [9.17, 15) is 4.79 Å². The first-order valence-corrected chi connectivity index (χ1v) is 4.39. The van der Waals surface area contributed by atoms with E-state index in [0.29, 0.717) is 19.5 Å². The third-order valence-corrected chi connectivity index (χ3v) is 2.01. The molecular formula is C8H15NO4. The standard InChI is InChI=1S/C8H15NO4/c10-3-1-2-9-4-7(5-11)13-6-8(9)12/h7,10-11H,1-6H2. The normalized spacial score (nSPS) is 23.7. The average Bonchev–Trinajstić information content (AvgIpc) is 2.17. The van der Waals surface area contributed by atoms with Crippen molar-refractivity contribution in [3.8, 4) is 0 Å². The lowest BCUT2D eigenvalue weighted by Gasteiger charge is -2.31. The van der Waals surface area contributed by atoms with Crippen LogP contribution >= 0.6 is 0 Å². The summed E-state index contributed by atoms with van der Waals surface area (Å²) in [4.78, 5) is 12.8. The summed E-state index contributed by atoms with van der Waals surface area (Å²) in [5.74, 6) is -0.0712. The van der Waals surface area contributed by atoms with Gasteiger partial charge in [-0.1, -0.05) is 0 Å². The molecule has 0 radical (unpaired) electrons. The fourth-order valence-electron chi connectivity index (χ4n) is 1.27. The molecule has 1 aliphatic heterocycles. The molecule has 1 saturated heterocycles. The topological polar surface area (TPSA) is 70.0 Å². The van der Waals surface area contributed by atoms with E-state index in [1.54, 1.807) is 4.90 Å². The zero-order valence-corrected chi connectivity index (χ0v) is 7.48. The van der Waals surface area contributed by atoms with Crippen LogP contribution in [0.2, 0.25) is 0 Å². The highest BCUT2D eigenvalue weighted by Gasteiger charge is 2.24. The zero-order valence-electron chi connectivity index (χ0n) is 7.48. The molecule has 76 valence electrons. The second-order valence-corrected chi connectivity index (χ2v) is 3.03. The molecule has 1 heterocycles. The molecule has 1 fully saturated rings. The number of aliphatic hydroxyl groups is 2. The number of rotatable bonds is 4. The van der Waals surface area contributed by atoms with E-state index in [0.717, 1.165) is 0 Å². The third-order valence-electron chi connectivity index (χ3n) is 2.01. The maximum absolute atomic E-state index is 11.2. The summed E-state index contributed by atoms with van der Waals surface area (Å²) in [6.45, 7) is 1.01. The first-order chi connectivity index (χ1) is 6.27. The Hall–Kier alpha value is -0.650. The van der Waals surface area contributed by atoms with Gasteiger partial charge in [0, 0.05) is 19.7 Å². The lowest BCUT2D eigenvalue weighted by Crippen LogP contribution is -2.48. The number of nitrogens with zero attached hydrogens (tertiary/aromatic N) is 1. The summed E-state index contributed by atoms with van der Waals surface area (Å²) in [5, 5.41) is 17.4. The Labute approximate surface area is 76.9 Å². The predicted molar refractivity (Wildman–Crippen MR) is 45.1 cm³/mol. The van der Waals surface area contributed by atoms with Crippen molar-refractivity contribution >= 4 is 5.91 Å². The summed E-state index contributed by atoms with van der Waals surface area (Å²) >= 11 is 0. The second-order valence-electron chi connectivity index (χ2n) is 3.03. The monoisotopic (exact) mass is 189 g/mol. The van der Waals surface area contributed by atoms with E-state index in [-0.39, 0.29) is 31.8 Å². The van der Waals surface area contributed by atoms with Crippen LogP contribution < -0.4 is 0 Å². The first kappa shape index (κ1) is 10.4. The van der Waals surface area contributed by atoms with Crippen molar-refractivity contribution in [2.75, 3.05) is 32.9 Å². The van der Waals surface area contributed by atoms with Crippen molar-refractivity contribution in [3.63, 3.8) is 0 Å². The van der Waals surface area contributed by atoms with E-state index >= 15 is 0 Å². The molecule has 13 heavy (non-hydrogen) atoms. The summed E-state index contributed by atoms with van der Waals surface area (Å²) in [5.41, 5.74) is 0. The maximum atomic E-state index is 11.2. The Morgan fingerprint density at radius 2 is 2.31 bits per heavy atom. The number of morpholine rings is 1. The van der Waals surface area contributed by atoms with Crippen LogP contribution in [0.3, 0.4) is 0 Å². The molecule has 0 aromatic carbocycles. The Balaban J connectivity index is 2.36. The first-order valence-electron chi connectivity index (χ1n) is 4.39. The maximum Gasteiger partial charge on any atom is 0.248 e. The Kier molecular flexibility index (Phi) is 4.14. The van der Waals surface area contributed by atoms with E-state index in [1.165, 1.54) is 0 Å². The molecule has 0 spiro atoms. The van der Waals surface area contributed by atoms with E-state index in [4.69, 9.17) is 14.9 Å². The molecule has 5 heteroatoms. The number of amides is 1. The van der Waals surface area contributed by atoms with Gasteiger partial charge >= 0.3 is 0 Å². The van der Waals surface area contributed by atoms with Gasteiger partial charge in [-0.2, -0.15) is 0 Å². The van der Waals surface area contributed by atoms with E-state index in [2.05, 4.69) is 0 Å². The largest absolute Gasteiger partial charge is 0.396 e. The quantitative estimate of drug-likeness (QED) is 0.570. The number of hydrogen-bond donors (Lipinski definition) is 2. The van der Waals surface area contributed by atoms with Crippen molar-refractivity contribution in [3.05, 3.63) is 0 Å². The minimum Gasteiger partial charge on any atom is -0.396 e. The highest BCUT2D eigenvalue weighted by molar-refractivity contribution is 5.78. The van der Waals surface area contributed by atoms with Gasteiger partial charge < -0.3 is 19.8 Å². The molecule has 0 aromatic heterocycles. The molecule has 5 nitrogen and oxygen atoms in total. The molecule has 1 aliphatic rings.